The summed E-state index contributed by atoms with van der Waals surface area (Å²) in [4.78, 5) is 17.9. The molecule has 5 nitrogen and oxygen atoms in total. The van der Waals surface area contributed by atoms with Gasteiger partial charge in [0.25, 0.3) is 0 Å². The number of benzene rings is 1. The van der Waals surface area contributed by atoms with Gasteiger partial charge in [0.1, 0.15) is 6.33 Å². The Hall–Kier alpha value is -2.17. The third kappa shape index (κ3) is 2.22. The summed E-state index contributed by atoms with van der Waals surface area (Å²) in [5.41, 5.74) is 2.66. The molecule has 3 rings (SSSR count). The van der Waals surface area contributed by atoms with Crippen molar-refractivity contribution in [1.29, 1.82) is 0 Å². The second kappa shape index (κ2) is 4.98. The lowest BCUT2D eigenvalue weighted by Crippen LogP contribution is -2.30. The molecule has 1 aliphatic carbocycles. The van der Waals surface area contributed by atoms with Crippen LogP contribution in [0.15, 0.2) is 30.6 Å². The van der Waals surface area contributed by atoms with Crippen LogP contribution in [0.25, 0.3) is 0 Å². The van der Waals surface area contributed by atoms with Crippen LogP contribution in [0.4, 0.5) is 4.79 Å². The van der Waals surface area contributed by atoms with Gasteiger partial charge in [-0.3, -0.25) is 0 Å². The fourth-order valence-corrected chi connectivity index (χ4v) is 3.06. The Bertz CT molecular complexity index is 649. The van der Waals surface area contributed by atoms with Crippen LogP contribution < -0.4 is 0 Å². The SMILES string of the molecule is CCC1(c2ncn(C(=O)N(C)C)n2)Cc2ccccc2C1. The smallest absolute Gasteiger partial charge is 0.329 e. The summed E-state index contributed by atoms with van der Waals surface area (Å²) in [6, 6.07) is 8.33. The minimum atomic E-state index is -0.171. The molecular weight excluding hydrogens is 264 g/mol. The highest BCUT2D eigenvalue weighted by Gasteiger charge is 2.40. The van der Waals surface area contributed by atoms with E-state index >= 15 is 0 Å². The summed E-state index contributed by atoms with van der Waals surface area (Å²) in [6.45, 7) is 2.17. The minimum Gasteiger partial charge on any atom is -0.329 e. The van der Waals surface area contributed by atoms with E-state index in [2.05, 4.69) is 41.3 Å². The topological polar surface area (TPSA) is 51.0 Å². The van der Waals surface area contributed by atoms with Crippen LogP contribution in [0.5, 0.6) is 0 Å². The zero-order valence-electron chi connectivity index (χ0n) is 12.7. The molecule has 110 valence electrons. The van der Waals surface area contributed by atoms with E-state index in [1.54, 1.807) is 14.1 Å². The molecule has 0 saturated carbocycles. The van der Waals surface area contributed by atoms with Gasteiger partial charge in [0.15, 0.2) is 5.82 Å². The summed E-state index contributed by atoms with van der Waals surface area (Å²) >= 11 is 0. The number of hydrogen-bond donors (Lipinski definition) is 0. The van der Waals surface area contributed by atoms with Crippen LogP contribution in [-0.4, -0.2) is 39.8 Å². The maximum atomic E-state index is 12.0. The molecule has 0 fully saturated rings. The molecule has 1 aromatic heterocycles. The molecule has 1 amide bonds. The maximum Gasteiger partial charge on any atom is 0.345 e. The normalized spacial score (nSPS) is 15.8. The average molecular weight is 284 g/mol. The molecule has 0 radical (unpaired) electrons. The molecule has 21 heavy (non-hydrogen) atoms. The summed E-state index contributed by atoms with van der Waals surface area (Å²) in [7, 11) is 3.43. The lowest BCUT2D eigenvalue weighted by molar-refractivity contribution is 0.215. The van der Waals surface area contributed by atoms with Gasteiger partial charge >= 0.3 is 6.03 Å². The van der Waals surface area contributed by atoms with Crippen molar-refractivity contribution in [2.45, 2.75) is 31.6 Å². The summed E-state index contributed by atoms with van der Waals surface area (Å²) in [5, 5.41) is 4.45. The first kappa shape index (κ1) is 13.8. The van der Waals surface area contributed by atoms with Gasteiger partial charge in [0.05, 0.1) is 0 Å². The number of fused-ring (bicyclic) bond motifs is 1. The number of rotatable bonds is 2. The number of hydrogen-bond acceptors (Lipinski definition) is 3. The highest BCUT2D eigenvalue weighted by molar-refractivity contribution is 5.75. The standard InChI is InChI=1S/C16H20N4O/c1-4-16(9-12-7-5-6-8-13(12)10-16)14-17-11-20(18-14)15(21)19(2)3/h5-8,11H,4,9-10H2,1-3H3. The average Bonchev–Trinajstić information content (AvgIpc) is 3.11. The first-order chi connectivity index (χ1) is 10.1. The second-order valence-corrected chi connectivity index (χ2v) is 5.95. The van der Waals surface area contributed by atoms with E-state index < -0.39 is 0 Å². The van der Waals surface area contributed by atoms with E-state index in [-0.39, 0.29) is 11.4 Å². The number of nitrogens with zero attached hydrogens (tertiary/aromatic N) is 4. The van der Waals surface area contributed by atoms with Gasteiger partial charge < -0.3 is 4.90 Å². The molecule has 2 aromatic rings. The van der Waals surface area contributed by atoms with Gasteiger partial charge in [-0.15, -0.1) is 5.10 Å². The molecule has 0 spiro atoms. The largest absolute Gasteiger partial charge is 0.345 e. The van der Waals surface area contributed by atoms with E-state index in [1.807, 2.05) is 0 Å². The third-order valence-corrected chi connectivity index (χ3v) is 4.40. The predicted octanol–water partition coefficient (Wildman–Crippen LogP) is 2.25. The van der Waals surface area contributed by atoms with E-state index in [0.717, 1.165) is 25.1 Å². The highest BCUT2D eigenvalue weighted by Crippen LogP contribution is 2.40. The van der Waals surface area contributed by atoms with E-state index in [4.69, 9.17) is 0 Å². The molecule has 0 aliphatic heterocycles. The lowest BCUT2D eigenvalue weighted by Gasteiger charge is -2.23. The third-order valence-electron chi connectivity index (χ3n) is 4.40. The Kier molecular flexibility index (Phi) is 3.27. The lowest BCUT2D eigenvalue weighted by atomic mass is 9.81. The van der Waals surface area contributed by atoms with Crippen LogP contribution >= 0.6 is 0 Å². The van der Waals surface area contributed by atoms with Crippen LogP contribution in [0.3, 0.4) is 0 Å². The van der Waals surface area contributed by atoms with E-state index in [0.29, 0.717) is 0 Å². The molecular formula is C16H20N4O. The van der Waals surface area contributed by atoms with Crippen LogP contribution in [0.2, 0.25) is 0 Å². The first-order valence-electron chi connectivity index (χ1n) is 7.26. The van der Waals surface area contributed by atoms with Crippen LogP contribution in [0.1, 0.15) is 30.3 Å². The minimum absolute atomic E-state index is 0.0818. The van der Waals surface area contributed by atoms with Crippen LogP contribution in [-0.2, 0) is 18.3 Å². The quantitative estimate of drug-likeness (QED) is 0.850. The van der Waals surface area contributed by atoms with E-state index in [9.17, 15) is 4.79 Å². The molecule has 0 unspecified atom stereocenters. The van der Waals surface area contributed by atoms with Crippen molar-refractivity contribution in [1.82, 2.24) is 19.7 Å². The molecule has 0 atom stereocenters. The van der Waals surface area contributed by atoms with Gasteiger partial charge in [-0.05, 0) is 30.4 Å². The van der Waals surface area contributed by atoms with Crippen LogP contribution in [0, 0.1) is 0 Å². The molecule has 1 aromatic carbocycles. The molecule has 0 bridgehead atoms. The molecule has 1 aliphatic rings. The second-order valence-electron chi connectivity index (χ2n) is 5.95. The highest BCUT2D eigenvalue weighted by atomic mass is 16.2. The van der Waals surface area contributed by atoms with Crippen molar-refractivity contribution in [3.05, 3.63) is 47.5 Å². The van der Waals surface area contributed by atoms with Gasteiger partial charge in [-0.1, -0.05) is 31.2 Å². The van der Waals surface area contributed by atoms with Crippen molar-refractivity contribution in [2.75, 3.05) is 14.1 Å². The summed E-state index contributed by atoms with van der Waals surface area (Å²) in [6.07, 6.45) is 4.37. The summed E-state index contributed by atoms with van der Waals surface area (Å²) in [5.74, 6) is 0.774. The zero-order chi connectivity index (χ0) is 15.0. The van der Waals surface area contributed by atoms with Crippen molar-refractivity contribution in [3.8, 4) is 0 Å². The predicted molar refractivity (Wildman–Crippen MR) is 80.3 cm³/mol. The molecule has 0 saturated heterocycles. The molecule has 0 N–H and O–H groups in total. The molecule has 5 heteroatoms. The Morgan fingerprint density at radius 2 is 1.90 bits per heavy atom. The summed E-state index contributed by atoms with van der Waals surface area (Å²) < 4.78 is 1.33. The van der Waals surface area contributed by atoms with Gasteiger partial charge in [-0.2, -0.15) is 4.68 Å². The maximum absolute atomic E-state index is 12.0. The van der Waals surface area contributed by atoms with E-state index in [1.165, 1.54) is 27.0 Å². The number of carbonyl (C=O) groups is 1. The number of carbonyl (C=O) groups excluding carboxylic acids is 1. The Labute approximate surface area is 124 Å². The molecule has 1 heterocycles. The van der Waals surface area contributed by atoms with Gasteiger partial charge in [0.2, 0.25) is 0 Å². The van der Waals surface area contributed by atoms with Crippen molar-refractivity contribution >= 4 is 6.03 Å². The van der Waals surface area contributed by atoms with Crippen molar-refractivity contribution in [2.24, 2.45) is 0 Å². The van der Waals surface area contributed by atoms with Crippen molar-refractivity contribution in [3.63, 3.8) is 0 Å². The van der Waals surface area contributed by atoms with Gasteiger partial charge in [-0.25, -0.2) is 9.78 Å². The monoisotopic (exact) mass is 284 g/mol. The Balaban J connectivity index is 1.94. The van der Waals surface area contributed by atoms with Crippen molar-refractivity contribution < 1.29 is 4.79 Å². The fourth-order valence-electron chi connectivity index (χ4n) is 3.06. The fraction of sp³-hybridized carbons (Fsp3) is 0.438. The van der Waals surface area contributed by atoms with Gasteiger partial charge in [0, 0.05) is 19.5 Å². The first-order valence-corrected chi connectivity index (χ1v) is 7.26. The Morgan fingerprint density at radius 3 is 2.43 bits per heavy atom. The number of aromatic nitrogens is 3. The zero-order valence-corrected chi connectivity index (χ0v) is 12.7. The Morgan fingerprint density at radius 1 is 1.29 bits per heavy atom. The number of amides is 1.